The van der Waals surface area contributed by atoms with E-state index >= 15 is 0 Å². The smallest absolute Gasteiger partial charge is 0.0594 e. The number of thiophene rings is 1. The van der Waals surface area contributed by atoms with Gasteiger partial charge in [0, 0.05) is 24.5 Å². The van der Waals surface area contributed by atoms with Gasteiger partial charge in [0.1, 0.15) is 0 Å². The first-order valence-electron chi connectivity index (χ1n) is 6.85. The van der Waals surface area contributed by atoms with Crippen molar-refractivity contribution in [3.05, 3.63) is 47.3 Å². The van der Waals surface area contributed by atoms with Crippen LogP contribution >= 0.6 is 11.3 Å². The quantitative estimate of drug-likeness (QED) is 0.847. The van der Waals surface area contributed by atoms with E-state index in [-0.39, 0.29) is 0 Å². The molecule has 3 rings (SSSR count). The number of ether oxygens (including phenoxy) is 1. The van der Waals surface area contributed by atoms with Crippen LogP contribution in [0.3, 0.4) is 0 Å². The van der Waals surface area contributed by atoms with Gasteiger partial charge in [-0.05, 0) is 29.0 Å². The molecular weight excluding hydrogens is 254 g/mol. The molecule has 0 N–H and O–H groups in total. The lowest BCUT2D eigenvalue weighted by Gasteiger charge is -2.26. The molecule has 0 radical (unpaired) electrons. The summed E-state index contributed by atoms with van der Waals surface area (Å²) in [7, 11) is 0. The molecule has 1 aliphatic heterocycles. The molecule has 1 saturated heterocycles. The Balaban J connectivity index is 1.57. The molecule has 0 bridgehead atoms. The molecule has 0 unspecified atom stereocenters. The minimum Gasteiger partial charge on any atom is -0.379 e. The number of nitrogens with zero attached hydrogens (tertiary/aromatic N) is 1. The summed E-state index contributed by atoms with van der Waals surface area (Å²) in [6, 6.07) is 13.3. The average molecular weight is 273 g/mol. The Bertz CT molecular complexity index is 486. The molecule has 1 aliphatic rings. The van der Waals surface area contributed by atoms with E-state index in [4.69, 9.17) is 4.74 Å². The van der Waals surface area contributed by atoms with Crippen molar-refractivity contribution in [2.24, 2.45) is 0 Å². The Morgan fingerprint density at radius 1 is 1.05 bits per heavy atom. The fourth-order valence-electron chi connectivity index (χ4n) is 2.39. The monoisotopic (exact) mass is 273 g/mol. The van der Waals surface area contributed by atoms with Crippen molar-refractivity contribution in [2.45, 2.75) is 6.42 Å². The Morgan fingerprint density at radius 3 is 2.53 bits per heavy atom. The summed E-state index contributed by atoms with van der Waals surface area (Å²) in [6.07, 6.45) is 1.13. The maximum Gasteiger partial charge on any atom is 0.0594 e. The van der Waals surface area contributed by atoms with Crippen LogP contribution in [-0.2, 0) is 11.2 Å². The molecule has 2 aromatic rings. The van der Waals surface area contributed by atoms with E-state index in [1.54, 1.807) is 11.3 Å². The Hall–Kier alpha value is -1.16. The first kappa shape index (κ1) is 12.9. The van der Waals surface area contributed by atoms with Crippen molar-refractivity contribution >= 4 is 11.3 Å². The van der Waals surface area contributed by atoms with Crippen molar-refractivity contribution in [1.29, 1.82) is 0 Å². The number of hydrogen-bond donors (Lipinski definition) is 0. The lowest BCUT2D eigenvalue weighted by Crippen LogP contribution is -2.37. The third kappa shape index (κ3) is 3.44. The van der Waals surface area contributed by atoms with Gasteiger partial charge in [0.15, 0.2) is 0 Å². The summed E-state index contributed by atoms with van der Waals surface area (Å²) in [5.74, 6) is 0. The summed E-state index contributed by atoms with van der Waals surface area (Å²) < 4.78 is 5.37. The summed E-state index contributed by atoms with van der Waals surface area (Å²) in [5, 5.41) is 2.13. The van der Waals surface area contributed by atoms with Gasteiger partial charge in [0.2, 0.25) is 0 Å². The number of hydrogen-bond acceptors (Lipinski definition) is 3. The van der Waals surface area contributed by atoms with Crippen molar-refractivity contribution in [2.75, 3.05) is 32.8 Å². The van der Waals surface area contributed by atoms with Gasteiger partial charge in [-0.15, -0.1) is 11.3 Å². The van der Waals surface area contributed by atoms with E-state index < -0.39 is 0 Å². The van der Waals surface area contributed by atoms with Gasteiger partial charge >= 0.3 is 0 Å². The van der Waals surface area contributed by atoms with Crippen molar-refractivity contribution < 1.29 is 4.74 Å². The van der Waals surface area contributed by atoms with Crippen LogP contribution in [0.4, 0.5) is 0 Å². The minimum atomic E-state index is 0.886. The predicted octanol–water partition coefficient (Wildman–Crippen LogP) is 3.29. The van der Waals surface area contributed by atoms with Crippen molar-refractivity contribution in [1.82, 2.24) is 4.90 Å². The highest BCUT2D eigenvalue weighted by atomic mass is 32.1. The van der Waals surface area contributed by atoms with E-state index in [1.807, 2.05) is 0 Å². The lowest BCUT2D eigenvalue weighted by molar-refractivity contribution is 0.0384. The second-order valence-electron chi connectivity index (χ2n) is 4.88. The minimum absolute atomic E-state index is 0.886. The average Bonchev–Trinajstić information content (AvgIpc) is 3.01. The van der Waals surface area contributed by atoms with Gasteiger partial charge in [0.05, 0.1) is 13.2 Å². The van der Waals surface area contributed by atoms with Gasteiger partial charge in [-0.1, -0.05) is 30.3 Å². The highest BCUT2D eigenvalue weighted by Gasteiger charge is 2.09. The predicted molar refractivity (Wildman–Crippen MR) is 80.7 cm³/mol. The van der Waals surface area contributed by atoms with E-state index in [1.165, 1.54) is 16.0 Å². The number of morpholine rings is 1. The Kier molecular flexibility index (Phi) is 4.28. The van der Waals surface area contributed by atoms with Crippen LogP contribution in [0.15, 0.2) is 41.8 Å². The second-order valence-corrected chi connectivity index (χ2v) is 5.83. The fourth-order valence-corrected chi connectivity index (χ4v) is 3.12. The molecule has 0 spiro atoms. The topological polar surface area (TPSA) is 12.5 Å². The largest absolute Gasteiger partial charge is 0.379 e. The van der Waals surface area contributed by atoms with Crippen molar-refractivity contribution in [3.63, 3.8) is 0 Å². The molecule has 0 saturated carbocycles. The third-order valence-electron chi connectivity index (χ3n) is 3.58. The first-order valence-corrected chi connectivity index (χ1v) is 7.73. The molecule has 1 fully saturated rings. The maximum absolute atomic E-state index is 5.37. The Labute approximate surface area is 118 Å². The van der Waals surface area contributed by atoms with Gasteiger partial charge in [-0.3, -0.25) is 4.90 Å². The molecule has 2 nitrogen and oxygen atoms in total. The zero-order valence-corrected chi connectivity index (χ0v) is 11.9. The summed E-state index contributed by atoms with van der Waals surface area (Å²) in [5.41, 5.74) is 2.75. The normalized spacial score (nSPS) is 16.6. The molecule has 0 amide bonds. The molecule has 2 heterocycles. The van der Waals surface area contributed by atoms with Gasteiger partial charge in [-0.25, -0.2) is 0 Å². The summed E-state index contributed by atoms with van der Waals surface area (Å²) >= 11 is 1.80. The summed E-state index contributed by atoms with van der Waals surface area (Å²) in [4.78, 5) is 3.83. The number of benzene rings is 1. The standard InChI is InChI=1S/C16H19NOS/c1-2-16(19-13-1)15-5-3-14(4-6-15)7-8-17-9-11-18-12-10-17/h1-6,13H,7-12H2. The molecule has 3 heteroatoms. The van der Waals surface area contributed by atoms with Crippen LogP contribution in [0.25, 0.3) is 10.4 Å². The van der Waals surface area contributed by atoms with E-state index in [0.717, 1.165) is 39.3 Å². The summed E-state index contributed by atoms with van der Waals surface area (Å²) in [6.45, 7) is 5.07. The molecule has 0 atom stereocenters. The van der Waals surface area contributed by atoms with Gasteiger partial charge in [0.25, 0.3) is 0 Å². The molecule has 100 valence electrons. The van der Waals surface area contributed by atoms with Gasteiger partial charge in [-0.2, -0.15) is 0 Å². The molecule has 19 heavy (non-hydrogen) atoms. The SMILES string of the molecule is c1csc(-c2ccc(CCN3CCOCC3)cc2)c1. The zero-order valence-electron chi connectivity index (χ0n) is 11.0. The molecule has 1 aromatic heterocycles. The van der Waals surface area contributed by atoms with E-state index in [9.17, 15) is 0 Å². The van der Waals surface area contributed by atoms with Crippen LogP contribution < -0.4 is 0 Å². The highest BCUT2D eigenvalue weighted by Crippen LogP contribution is 2.24. The molecular formula is C16H19NOS. The van der Waals surface area contributed by atoms with Gasteiger partial charge < -0.3 is 4.74 Å². The second kappa shape index (κ2) is 6.33. The highest BCUT2D eigenvalue weighted by molar-refractivity contribution is 7.13. The Morgan fingerprint density at radius 2 is 1.84 bits per heavy atom. The molecule has 1 aromatic carbocycles. The third-order valence-corrected chi connectivity index (χ3v) is 4.50. The maximum atomic E-state index is 5.37. The van der Waals surface area contributed by atoms with Crippen LogP contribution in [-0.4, -0.2) is 37.7 Å². The molecule has 0 aliphatic carbocycles. The first-order chi connectivity index (χ1) is 9.42. The van der Waals surface area contributed by atoms with Crippen LogP contribution in [0.1, 0.15) is 5.56 Å². The van der Waals surface area contributed by atoms with E-state index in [0.29, 0.717) is 0 Å². The van der Waals surface area contributed by atoms with Crippen LogP contribution in [0.2, 0.25) is 0 Å². The van der Waals surface area contributed by atoms with Crippen LogP contribution in [0, 0.1) is 0 Å². The van der Waals surface area contributed by atoms with E-state index in [2.05, 4.69) is 46.7 Å². The fraction of sp³-hybridized carbons (Fsp3) is 0.375. The van der Waals surface area contributed by atoms with Crippen LogP contribution in [0.5, 0.6) is 0 Å². The zero-order chi connectivity index (χ0) is 12.9. The lowest BCUT2D eigenvalue weighted by atomic mass is 10.1. The van der Waals surface area contributed by atoms with Crippen molar-refractivity contribution in [3.8, 4) is 10.4 Å². The number of rotatable bonds is 4.